The van der Waals surface area contributed by atoms with Crippen LogP contribution in [0.1, 0.15) is 21.5 Å². The molecule has 0 aliphatic rings. The van der Waals surface area contributed by atoms with E-state index >= 15 is 0 Å². The molecule has 0 atom stereocenters. The first kappa shape index (κ1) is 15.3. The van der Waals surface area contributed by atoms with Crippen molar-refractivity contribution in [2.24, 2.45) is 0 Å². The van der Waals surface area contributed by atoms with Gasteiger partial charge in [0.15, 0.2) is 5.78 Å². The number of hydrogen-bond donors (Lipinski definition) is 1. The maximum Gasteiger partial charge on any atom is 0.187 e. The maximum absolute atomic E-state index is 12.9. The van der Waals surface area contributed by atoms with Crippen LogP contribution in [-0.2, 0) is 0 Å². The van der Waals surface area contributed by atoms with E-state index in [1.807, 2.05) is 26.0 Å². The van der Waals surface area contributed by atoms with Gasteiger partial charge < -0.3 is 5.32 Å². The molecule has 21 heavy (non-hydrogen) atoms. The number of benzene rings is 2. The topological polar surface area (TPSA) is 29.1 Å². The van der Waals surface area contributed by atoms with Crippen molar-refractivity contribution in [2.75, 3.05) is 5.32 Å². The summed E-state index contributed by atoms with van der Waals surface area (Å²) in [4.78, 5) is 12.0. The van der Waals surface area contributed by atoms with Gasteiger partial charge in [0.1, 0.15) is 5.82 Å². The van der Waals surface area contributed by atoms with Gasteiger partial charge in [0.2, 0.25) is 0 Å². The Morgan fingerprint density at radius 2 is 1.90 bits per heavy atom. The van der Waals surface area contributed by atoms with E-state index in [-0.39, 0.29) is 10.8 Å². The van der Waals surface area contributed by atoms with Crippen molar-refractivity contribution in [1.82, 2.24) is 0 Å². The Balaban J connectivity index is 2.06. The number of allylic oxidation sites excluding steroid dienone is 1. The standard InChI is InChI=1S/C17H15ClFNO/c1-11-3-4-13(9-12(11)2)17(21)7-8-20-16-6-5-14(19)10-15(16)18/h3-10,20H,1-2H3/b8-7+. The van der Waals surface area contributed by atoms with Gasteiger partial charge in [-0.2, -0.15) is 0 Å². The second-order valence-electron chi connectivity index (χ2n) is 4.77. The van der Waals surface area contributed by atoms with Crippen molar-refractivity contribution in [3.8, 4) is 0 Å². The van der Waals surface area contributed by atoms with Crippen LogP contribution in [0, 0.1) is 19.7 Å². The quantitative estimate of drug-likeness (QED) is 0.642. The summed E-state index contributed by atoms with van der Waals surface area (Å²) in [6.45, 7) is 3.96. The second kappa shape index (κ2) is 6.55. The average Bonchev–Trinajstić information content (AvgIpc) is 2.44. The fraction of sp³-hybridized carbons (Fsp3) is 0.118. The smallest absolute Gasteiger partial charge is 0.187 e. The van der Waals surface area contributed by atoms with Gasteiger partial charge >= 0.3 is 0 Å². The molecule has 2 aromatic rings. The molecule has 4 heteroatoms. The minimum absolute atomic E-state index is 0.108. The summed E-state index contributed by atoms with van der Waals surface area (Å²) < 4.78 is 12.9. The van der Waals surface area contributed by atoms with Crippen molar-refractivity contribution in [2.45, 2.75) is 13.8 Å². The Morgan fingerprint density at radius 1 is 1.14 bits per heavy atom. The van der Waals surface area contributed by atoms with E-state index in [4.69, 9.17) is 11.6 Å². The van der Waals surface area contributed by atoms with E-state index in [0.717, 1.165) is 11.1 Å². The number of anilines is 1. The number of aryl methyl sites for hydroxylation is 2. The van der Waals surface area contributed by atoms with Crippen LogP contribution < -0.4 is 5.32 Å². The summed E-state index contributed by atoms with van der Waals surface area (Å²) in [7, 11) is 0. The van der Waals surface area contributed by atoms with Gasteiger partial charge in [-0.3, -0.25) is 4.79 Å². The molecule has 2 nitrogen and oxygen atoms in total. The second-order valence-corrected chi connectivity index (χ2v) is 5.17. The van der Waals surface area contributed by atoms with Gasteiger partial charge in [0, 0.05) is 17.8 Å². The number of hydrogen-bond acceptors (Lipinski definition) is 2. The van der Waals surface area contributed by atoms with Crippen LogP contribution in [0.2, 0.25) is 5.02 Å². The molecule has 0 radical (unpaired) electrons. The zero-order valence-electron chi connectivity index (χ0n) is 11.8. The average molecular weight is 304 g/mol. The monoisotopic (exact) mass is 303 g/mol. The number of rotatable bonds is 4. The van der Waals surface area contributed by atoms with E-state index in [0.29, 0.717) is 11.3 Å². The van der Waals surface area contributed by atoms with Crippen LogP contribution in [0.25, 0.3) is 0 Å². The van der Waals surface area contributed by atoms with E-state index in [9.17, 15) is 9.18 Å². The molecular weight excluding hydrogens is 289 g/mol. The Hall–Kier alpha value is -2.13. The highest BCUT2D eigenvalue weighted by Gasteiger charge is 2.04. The number of nitrogens with one attached hydrogen (secondary N) is 1. The number of halogens is 2. The van der Waals surface area contributed by atoms with Gasteiger partial charge in [-0.15, -0.1) is 0 Å². The lowest BCUT2D eigenvalue weighted by Gasteiger charge is -2.04. The lowest BCUT2D eigenvalue weighted by atomic mass is 10.0. The van der Waals surface area contributed by atoms with Crippen molar-refractivity contribution in [1.29, 1.82) is 0 Å². The van der Waals surface area contributed by atoms with Gasteiger partial charge in [0.05, 0.1) is 10.7 Å². The van der Waals surface area contributed by atoms with E-state index in [2.05, 4.69) is 5.32 Å². The molecule has 0 saturated heterocycles. The molecule has 2 rings (SSSR count). The van der Waals surface area contributed by atoms with Crippen LogP contribution in [0.3, 0.4) is 0 Å². The summed E-state index contributed by atoms with van der Waals surface area (Å²) in [5, 5.41) is 3.13. The third-order valence-electron chi connectivity index (χ3n) is 3.20. The van der Waals surface area contributed by atoms with Crippen LogP contribution in [0.4, 0.5) is 10.1 Å². The molecule has 0 saturated carbocycles. The van der Waals surface area contributed by atoms with E-state index < -0.39 is 5.82 Å². The van der Waals surface area contributed by atoms with E-state index in [1.165, 1.54) is 30.5 Å². The molecule has 1 N–H and O–H groups in total. The third kappa shape index (κ3) is 3.92. The van der Waals surface area contributed by atoms with Crippen molar-refractivity contribution in [3.05, 3.63) is 76.2 Å². The Kier molecular flexibility index (Phi) is 4.76. The molecule has 0 amide bonds. The highest BCUT2D eigenvalue weighted by atomic mass is 35.5. The summed E-state index contributed by atoms with van der Waals surface area (Å²) in [6, 6.07) is 9.59. The summed E-state index contributed by atoms with van der Waals surface area (Å²) >= 11 is 5.88. The molecule has 0 heterocycles. The maximum atomic E-state index is 12.9. The Labute approximate surface area is 128 Å². The molecule has 0 fully saturated rings. The number of ketones is 1. The number of carbonyl (C=O) groups excluding carboxylic acids is 1. The van der Waals surface area contributed by atoms with Crippen LogP contribution in [0.5, 0.6) is 0 Å². The fourth-order valence-electron chi connectivity index (χ4n) is 1.80. The Bertz CT molecular complexity index is 710. The summed E-state index contributed by atoms with van der Waals surface area (Å²) in [6.07, 6.45) is 2.92. The molecule has 0 aliphatic heterocycles. The summed E-state index contributed by atoms with van der Waals surface area (Å²) in [5.74, 6) is -0.510. The zero-order valence-corrected chi connectivity index (χ0v) is 12.5. The largest absolute Gasteiger partial charge is 0.360 e. The van der Waals surface area contributed by atoms with Crippen LogP contribution in [0.15, 0.2) is 48.7 Å². The first-order valence-corrected chi connectivity index (χ1v) is 6.85. The molecule has 2 aromatic carbocycles. The molecular formula is C17H15ClFNO. The lowest BCUT2D eigenvalue weighted by molar-refractivity contribution is 0.104. The normalized spacial score (nSPS) is 10.9. The minimum atomic E-state index is -0.402. The molecule has 0 aromatic heterocycles. The van der Waals surface area contributed by atoms with Crippen molar-refractivity contribution >= 4 is 23.1 Å². The van der Waals surface area contributed by atoms with Crippen molar-refractivity contribution in [3.63, 3.8) is 0 Å². The summed E-state index contributed by atoms with van der Waals surface area (Å²) in [5.41, 5.74) is 3.39. The molecule has 0 aliphatic carbocycles. The predicted molar refractivity (Wildman–Crippen MR) is 84.4 cm³/mol. The minimum Gasteiger partial charge on any atom is -0.360 e. The van der Waals surface area contributed by atoms with Gasteiger partial charge in [-0.05, 0) is 49.2 Å². The van der Waals surface area contributed by atoms with Crippen LogP contribution in [-0.4, -0.2) is 5.78 Å². The molecule has 0 unspecified atom stereocenters. The fourth-order valence-corrected chi connectivity index (χ4v) is 2.03. The predicted octanol–water partition coefficient (Wildman–Crippen LogP) is 4.90. The van der Waals surface area contributed by atoms with Gasteiger partial charge in [0.25, 0.3) is 0 Å². The first-order valence-electron chi connectivity index (χ1n) is 6.47. The van der Waals surface area contributed by atoms with Gasteiger partial charge in [-0.25, -0.2) is 4.39 Å². The lowest BCUT2D eigenvalue weighted by Crippen LogP contribution is -1.98. The highest BCUT2D eigenvalue weighted by Crippen LogP contribution is 2.22. The van der Waals surface area contributed by atoms with Gasteiger partial charge in [-0.1, -0.05) is 23.7 Å². The third-order valence-corrected chi connectivity index (χ3v) is 3.51. The van der Waals surface area contributed by atoms with Crippen molar-refractivity contribution < 1.29 is 9.18 Å². The zero-order chi connectivity index (χ0) is 15.4. The SMILES string of the molecule is Cc1ccc(C(=O)/C=C/Nc2ccc(F)cc2Cl)cc1C. The first-order chi connectivity index (χ1) is 9.97. The number of carbonyl (C=O) groups is 1. The molecule has 0 spiro atoms. The van der Waals surface area contributed by atoms with E-state index in [1.54, 1.807) is 6.07 Å². The highest BCUT2D eigenvalue weighted by molar-refractivity contribution is 6.33. The molecule has 108 valence electrons. The van der Waals surface area contributed by atoms with Crippen LogP contribution >= 0.6 is 11.6 Å². The Morgan fingerprint density at radius 3 is 2.57 bits per heavy atom. The molecule has 0 bridgehead atoms.